The molecule has 9 atom stereocenters. The first kappa shape index (κ1) is 24.4. The highest BCUT2D eigenvalue weighted by Crippen LogP contribution is 2.67. The molecule has 5 aliphatic rings. The molecule has 34 heavy (non-hydrogen) atoms. The van der Waals surface area contributed by atoms with Crippen LogP contribution in [0, 0.1) is 28.6 Å². The second-order valence-corrected chi connectivity index (χ2v) is 12.4. The number of ether oxygens (including phenoxy) is 1. The monoisotopic (exact) mass is 475 g/mol. The average Bonchev–Trinajstić information content (AvgIpc) is 3.54. The van der Waals surface area contributed by atoms with Crippen LogP contribution in [0.1, 0.15) is 72.1 Å². The summed E-state index contributed by atoms with van der Waals surface area (Å²) in [6, 6.07) is 0.247. The quantitative estimate of drug-likeness (QED) is 0.563. The van der Waals surface area contributed by atoms with E-state index in [0.717, 1.165) is 37.7 Å². The molecular weight excluding hydrogens is 434 g/mol. The third-order valence-corrected chi connectivity index (χ3v) is 10.7. The molecule has 3 N–H and O–H groups in total. The molecule has 0 aromatic carbocycles. The van der Waals surface area contributed by atoms with Crippen LogP contribution in [0.4, 0.5) is 0 Å². The van der Waals surface area contributed by atoms with Crippen molar-refractivity contribution in [2.75, 3.05) is 13.7 Å². The molecule has 7 nitrogen and oxygen atoms in total. The smallest absolute Gasteiger partial charge is 0.249 e. The zero-order valence-corrected chi connectivity index (χ0v) is 21.0. The lowest BCUT2D eigenvalue weighted by Gasteiger charge is -2.60. The van der Waals surface area contributed by atoms with Crippen molar-refractivity contribution in [3.8, 4) is 0 Å². The highest BCUT2D eigenvalue weighted by molar-refractivity contribution is 5.95. The van der Waals surface area contributed by atoms with E-state index in [0.29, 0.717) is 12.8 Å². The Hall–Kier alpha value is -1.28. The summed E-state index contributed by atoms with van der Waals surface area (Å²) in [5.74, 6) is -0.189. The van der Waals surface area contributed by atoms with Crippen LogP contribution in [-0.4, -0.2) is 75.5 Å². The summed E-state index contributed by atoms with van der Waals surface area (Å²) in [5, 5.41) is 33.1. The van der Waals surface area contributed by atoms with Gasteiger partial charge in [0.05, 0.1) is 17.8 Å². The molecule has 4 fully saturated rings. The number of hydrogen-bond acceptors (Lipinski definition) is 6. The molecule has 0 heterocycles. The van der Waals surface area contributed by atoms with Crippen LogP contribution >= 0.6 is 0 Å². The third-order valence-electron chi connectivity index (χ3n) is 10.7. The molecule has 5 rings (SSSR count). The van der Waals surface area contributed by atoms with Gasteiger partial charge in [-0.3, -0.25) is 9.59 Å². The van der Waals surface area contributed by atoms with Gasteiger partial charge in [0.1, 0.15) is 6.61 Å². The van der Waals surface area contributed by atoms with Gasteiger partial charge in [-0.2, -0.15) is 0 Å². The lowest BCUT2D eigenvalue weighted by molar-refractivity contribution is -0.155. The van der Waals surface area contributed by atoms with Gasteiger partial charge in [-0.25, -0.2) is 0 Å². The molecule has 0 saturated heterocycles. The topological polar surface area (TPSA) is 107 Å². The van der Waals surface area contributed by atoms with Crippen molar-refractivity contribution in [1.82, 2.24) is 4.90 Å². The molecule has 1 amide bonds. The van der Waals surface area contributed by atoms with E-state index in [1.807, 2.05) is 4.90 Å². The summed E-state index contributed by atoms with van der Waals surface area (Å²) in [7, 11) is 1.55. The van der Waals surface area contributed by atoms with E-state index >= 15 is 0 Å². The Kier molecular flexibility index (Phi) is 5.83. The number of allylic oxidation sites excluding steroid dienone is 1. The second kappa shape index (κ2) is 8.12. The predicted octanol–water partition coefficient (Wildman–Crippen LogP) is 2.22. The Balaban J connectivity index is 1.48. The van der Waals surface area contributed by atoms with Crippen molar-refractivity contribution in [2.24, 2.45) is 28.6 Å². The zero-order chi connectivity index (χ0) is 24.6. The zero-order valence-electron chi connectivity index (χ0n) is 21.0. The molecule has 9 unspecified atom stereocenters. The van der Waals surface area contributed by atoms with Crippen LogP contribution in [0.3, 0.4) is 0 Å². The summed E-state index contributed by atoms with van der Waals surface area (Å²) in [4.78, 5) is 28.3. The first-order valence-electron chi connectivity index (χ1n) is 13.1. The van der Waals surface area contributed by atoms with Crippen LogP contribution in [0.25, 0.3) is 0 Å². The molecular formula is C27H41NO6. The van der Waals surface area contributed by atoms with Crippen molar-refractivity contribution in [1.29, 1.82) is 0 Å². The van der Waals surface area contributed by atoms with Crippen LogP contribution in [-0.2, 0) is 14.3 Å². The van der Waals surface area contributed by atoms with Crippen LogP contribution in [0.2, 0.25) is 0 Å². The van der Waals surface area contributed by atoms with Crippen molar-refractivity contribution < 1.29 is 29.6 Å². The van der Waals surface area contributed by atoms with Gasteiger partial charge in [0, 0.05) is 30.5 Å². The first-order chi connectivity index (χ1) is 16.0. The first-order valence-corrected chi connectivity index (χ1v) is 13.1. The molecule has 0 aromatic heterocycles. The normalized spacial score (nSPS) is 46.7. The van der Waals surface area contributed by atoms with Crippen molar-refractivity contribution in [2.45, 2.75) is 102 Å². The number of aliphatic hydroxyl groups excluding tert-OH is 2. The predicted molar refractivity (Wildman–Crippen MR) is 126 cm³/mol. The van der Waals surface area contributed by atoms with E-state index in [1.165, 1.54) is 0 Å². The number of nitrogens with zero attached hydrogens (tertiary/aromatic N) is 1. The second-order valence-electron chi connectivity index (χ2n) is 12.4. The van der Waals surface area contributed by atoms with Crippen LogP contribution in [0.15, 0.2) is 11.6 Å². The molecule has 7 heteroatoms. The lowest BCUT2D eigenvalue weighted by atomic mass is 9.46. The average molecular weight is 476 g/mol. The Labute approximate surface area is 202 Å². The SMILES string of the molecule is COCC(=O)N(C1CC1)C(C)C1CCC2(O)C3=CC(=O)C4CC(O)C(O)CC4(C)C3CCC12C. The highest BCUT2D eigenvalue weighted by Gasteiger charge is 2.67. The van der Waals surface area contributed by atoms with Gasteiger partial charge in [-0.1, -0.05) is 13.8 Å². The number of carbonyl (C=O) groups is 2. The van der Waals surface area contributed by atoms with Crippen LogP contribution in [0.5, 0.6) is 0 Å². The number of aliphatic hydroxyl groups is 3. The summed E-state index contributed by atoms with van der Waals surface area (Å²) in [6.45, 7) is 6.42. The molecule has 190 valence electrons. The fourth-order valence-electron chi connectivity index (χ4n) is 8.69. The number of carbonyl (C=O) groups excluding carboxylic acids is 2. The summed E-state index contributed by atoms with van der Waals surface area (Å²) in [6.07, 6.45) is 5.71. The van der Waals surface area contributed by atoms with Gasteiger partial charge in [0.2, 0.25) is 5.91 Å². The molecule has 0 radical (unpaired) electrons. The maximum Gasteiger partial charge on any atom is 0.249 e. The molecule has 5 aliphatic carbocycles. The standard InChI is InChI=1S/C27H41NO6/c1-15(28(16-5-6-16)24(32)14-34-4)17-8-10-27(33)19-11-21(29)20-12-22(30)23(31)13-25(20,2)18(19)7-9-26(17,27)3/h11,15-18,20,22-23,30-31,33H,5-10,12-14H2,1-4H3. The Morgan fingerprint density at radius 2 is 1.85 bits per heavy atom. The van der Waals surface area contributed by atoms with Gasteiger partial charge in [-0.15, -0.1) is 0 Å². The van der Waals surface area contributed by atoms with Crippen molar-refractivity contribution >= 4 is 11.7 Å². The summed E-state index contributed by atoms with van der Waals surface area (Å²) >= 11 is 0. The minimum Gasteiger partial charge on any atom is -0.390 e. The fourth-order valence-corrected chi connectivity index (χ4v) is 8.69. The Morgan fingerprint density at radius 1 is 1.15 bits per heavy atom. The van der Waals surface area contributed by atoms with Gasteiger partial charge in [0.15, 0.2) is 5.78 Å². The van der Waals surface area contributed by atoms with E-state index in [1.54, 1.807) is 13.2 Å². The molecule has 4 saturated carbocycles. The van der Waals surface area contributed by atoms with Gasteiger partial charge < -0.3 is 25.0 Å². The fraction of sp³-hybridized carbons (Fsp3) is 0.852. The molecule has 0 bridgehead atoms. The van der Waals surface area contributed by atoms with Gasteiger partial charge in [-0.05, 0) is 87.2 Å². The molecule has 0 aliphatic heterocycles. The summed E-state index contributed by atoms with van der Waals surface area (Å²) in [5.41, 5.74) is -1.16. The molecule has 0 aromatic rings. The largest absolute Gasteiger partial charge is 0.390 e. The third kappa shape index (κ3) is 3.30. The van der Waals surface area contributed by atoms with E-state index in [2.05, 4.69) is 20.8 Å². The van der Waals surface area contributed by atoms with Crippen molar-refractivity contribution in [3.63, 3.8) is 0 Å². The minimum absolute atomic E-state index is 0.0131. The number of rotatable bonds is 5. The number of methoxy groups -OCH3 is 1. The van der Waals surface area contributed by atoms with Crippen LogP contribution < -0.4 is 0 Å². The number of hydrogen-bond donors (Lipinski definition) is 3. The van der Waals surface area contributed by atoms with Crippen molar-refractivity contribution in [3.05, 3.63) is 11.6 Å². The number of ketones is 1. The van der Waals surface area contributed by atoms with E-state index in [4.69, 9.17) is 4.74 Å². The highest BCUT2D eigenvalue weighted by atomic mass is 16.5. The maximum absolute atomic E-state index is 13.3. The Morgan fingerprint density at radius 3 is 2.50 bits per heavy atom. The van der Waals surface area contributed by atoms with Gasteiger partial charge in [0.25, 0.3) is 0 Å². The van der Waals surface area contributed by atoms with E-state index < -0.39 is 28.6 Å². The van der Waals surface area contributed by atoms with E-state index in [-0.39, 0.29) is 54.6 Å². The maximum atomic E-state index is 13.3. The Bertz CT molecular complexity index is 900. The minimum atomic E-state index is -1.10. The lowest BCUT2D eigenvalue weighted by Crippen LogP contribution is -2.61. The summed E-state index contributed by atoms with van der Waals surface area (Å²) < 4.78 is 5.16. The van der Waals surface area contributed by atoms with E-state index in [9.17, 15) is 24.9 Å². The number of fused-ring (bicyclic) bond motifs is 5. The van der Waals surface area contributed by atoms with Gasteiger partial charge >= 0.3 is 0 Å². The molecule has 0 spiro atoms. The number of amides is 1.